The van der Waals surface area contributed by atoms with Crippen LogP contribution in [0.15, 0.2) is 66.7 Å². The Kier molecular flexibility index (Phi) is 7.35. The minimum absolute atomic E-state index is 0.0360. The van der Waals surface area contributed by atoms with Crippen LogP contribution in [0.1, 0.15) is 43.6 Å². The summed E-state index contributed by atoms with van der Waals surface area (Å²) in [5.74, 6) is 0.288. The Morgan fingerprint density at radius 2 is 1.62 bits per heavy atom. The molecule has 5 nitrogen and oxygen atoms in total. The predicted molar refractivity (Wildman–Crippen MR) is 136 cm³/mol. The molecule has 0 radical (unpaired) electrons. The summed E-state index contributed by atoms with van der Waals surface area (Å²) in [6, 6.07) is 19.0. The summed E-state index contributed by atoms with van der Waals surface area (Å²) >= 11 is 1.34. The summed E-state index contributed by atoms with van der Waals surface area (Å²) in [7, 11) is 0. The lowest BCUT2D eigenvalue weighted by atomic mass is 10.1. The van der Waals surface area contributed by atoms with Crippen molar-refractivity contribution in [3.63, 3.8) is 0 Å². The van der Waals surface area contributed by atoms with Crippen LogP contribution < -0.4 is 5.32 Å². The number of piperazine rings is 1. The van der Waals surface area contributed by atoms with E-state index in [2.05, 4.69) is 22.3 Å². The van der Waals surface area contributed by atoms with E-state index in [1.807, 2.05) is 29.2 Å². The van der Waals surface area contributed by atoms with Gasteiger partial charge in [0.1, 0.15) is 0 Å². The van der Waals surface area contributed by atoms with Crippen molar-refractivity contribution in [2.75, 3.05) is 26.2 Å². The number of benzene rings is 2. The van der Waals surface area contributed by atoms with Crippen molar-refractivity contribution < 1.29 is 22.8 Å². The van der Waals surface area contributed by atoms with Crippen LogP contribution in [0, 0.1) is 5.92 Å². The maximum absolute atomic E-state index is 13.2. The highest BCUT2D eigenvalue weighted by molar-refractivity contribution is 7.14. The fraction of sp³-hybridized carbons (Fsp3) is 0.357. The van der Waals surface area contributed by atoms with Crippen molar-refractivity contribution in [2.45, 2.75) is 31.6 Å². The van der Waals surface area contributed by atoms with Crippen molar-refractivity contribution >= 4 is 23.2 Å². The maximum atomic E-state index is 13.2. The number of carbonyl (C=O) groups excluding carboxylic acids is 2. The molecule has 1 saturated heterocycles. The lowest BCUT2D eigenvalue weighted by Gasteiger charge is -2.34. The number of nitrogens with one attached hydrogen (secondary N) is 1. The van der Waals surface area contributed by atoms with Gasteiger partial charge < -0.3 is 10.2 Å². The van der Waals surface area contributed by atoms with Gasteiger partial charge in [0.2, 0.25) is 5.91 Å². The highest BCUT2D eigenvalue weighted by Crippen LogP contribution is 2.48. The second-order valence-electron chi connectivity index (χ2n) is 9.56. The van der Waals surface area contributed by atoms with Gasteiger partial charge in [-0.2, -0.15) is 13.2 Å². The van der Waals surface area contributed by atoms with Crippen LogP contribution in [0.2, 0.25) is 0 Å². The first-order chi connectivity index (χ1) is 17.8. The Bertz CT molecular complexity index is 1250. The summed E-state index contributed by atoms with van der Waals surface area (Å²) in [5, 5.41) is 2.61. The second kappa shape index (κ2) is 10.7. The largest absolute Gasteiger partial charge is 0.416 e. The third-order valence-electron chi connectivity index (χ3n) is 7.05. The van der Waals surface area contributed by atoms with Gasteiger partial charge >= 0.3 is 6.18 Å². The number of rotatable bonds is 7. The monoisotopic (exact) mass is 527 g/mol. The molecule has 2 heterocycles. The molecule has 194 valence electrons. The zero-order valence-corrected chi connectivity index (χ0v) is 21.0. The molecular formula is C28H28F3N3O2S. The lowest BCUT2D eigenvalue weighted by Crippen LogP contribution is -2.48. The van der Waals surface area contributed by atoms with Crippen LogP contribution in [-0.2, 0) is 24.1 Å². The van der Waals surface area contributed by atoms with Crippen molar-refractivity contribution in [3.05, 3.63) is 93.2 Å². The summed E-state index contributed by atoms with van der Waals surface area (Å²) in [5.41, 5.74) is 0.535. The van der Waals surface area contributed by atoms with Crippen LogP contribution in [0.3, 0.4) is 0 Å². The van der Waals surface area contributed by atoms with Gasteiger partial charge in [-0.15, -0.1) is 11.3 Å². The van der Waals surface area contributed by atoms with E-state index in [4.69, 9.17) is 0 Å². The van der Waals surface area contributed by atoms with E-state index in [1.165, 1.54) is 35.1 Å². The number of amides is 2. The van der Waals surface area contributed by atoms with E-state index in [9.17, 15) is 22.8 Å². The summed E-state index contributed by atoms with van der Waals surface area (Å²) in [6.07, 6.45) is -3.54. The topological polar surface area (TPSA) is 52.7 Å². The van der Waals surface area contributed by atoms with E-state index < -0.39 is 11.7 Å². The molecule has 1 N–H and O–H groups in total. The number of hydrogen-bond donors (Lipinski definition) is 1. The first-order valence-corrected chi connectivity index (χ1v) is 13.2. The van der Waals surface area contributed by atoms with Crippen LogP contribution in [0.5, 0.6) is 0 Å². The van der Waals surface area contributed by atoms with Gasteiger partial charge in [-0.1, -0.05) is 48.5 Å². The summed E-state index contributed by atoms with van der Waals surface area (Å²) < 4.78 is 39.5. The maximum Gasteiger partial charge on any atom is 0.416 e. The van der Waals surface area contributed by atoms with Gasteiger partial charge in [-0.3, -0.25) is 14.5 Å². The number of alkyl halides is 3. The molecule has 1 aliphatic carbocycles. The van der Waals surface area contributed by atoms with Gasteiger partial charge in [0.25, 0.3) is 5.91 Å². The van der Waals surface area contributed by atoms with E-state index in [1.54, 1.807) is 6.07 Å². The molecule has 2 atom stereocenters. The number of hydrogen-bond acceptors (Lipinski definition) is 4. The molecule has 5 rings (SSSR count). The molecule has 0 bridgehead atoms. The van der Waals surface area contributed by atoms with Gasteiger partial charge in [-0.25, -0.2) is 0 Å². The zero-order chi connectivity index (χ0) is 26.0. The second-order valence-corrected chi connectivity index (χ2v) is 10.7. The molecule has 1 saturated carbocycles. The predicted octanol–water partition coefficient (Wildman–Crippen LogP) is 5.14. The highest BCUT2D eigenvalue weighted by atomic mass is 32.1. The molecule has 2 fully saturated rings. The van der Waals surface area contributed by atoms with Crippen molar-refractivity contribution in [1.82, 2.24) is 15.1 Å². The van der Waals surface area contributed by atoms with Crippen LogP contribution >= 0.6 is 11.3 Å². The average Bonchev–Trinajstić information content (AvgIpc) is 3.58. The number of thiophene rings is 1. The Labute approximate surface area is 217 Å². The minimum Gasteiger partial charge on any atom is -0.347 e. The Morgan fingerprint density at radius 3 is 2.35 bits per heavy atom. The van der Waals surface area contributed by atoms with Crippen molar-refractivity contribution in [3.8, 4) is 0 Å². The average molecular weight is 528 g/mol. The number of carbonyl (C=O) groups is 2. The third kappa shape index (κ3) is 6.05. The van der Waals surface area contributed by atoms with E-state index >= 15 is 0 Å². The first-order valence-electron chi connectivity index (χ1n) is 12.4. The third-order valence-corrected chi connectivity index (χ3v) is 8.12. The quantitative estimate of drug-likeness (QED) is 0.463. The fourth-order valence-corrected chi connectivity index (χ4v) is 5.88. The molecule has 37 heavy (non-hydrogen) atoms. The number of nitrogens with zero attached hydrogens (tertiary/aromatic N) is 2. The van der Waals surface area contributed by atoms with Gasteiger partial charge in [0, 0.05) is 50.1 Å². The highest BCUT2D eigenvalue weighted by Gasteiger charge is 2.46. The molecule has 1 aliphatic heterocycles. The van der Waals surface area contributed by atoms with Crippen molar-refractivity contribution in [1.29, 1.82) is 0 Å². The lowest BCUT2D eigenvalue weighted by molar-refractivity contribution is -0.138. The minimum atomic E-state index is -4.46. The molecular weight excluding hydrogens is 499 g/mol. The SMILES string of the molecule is O=C(NCc1ccccc1C(F)(F)F)c1ccc(CN2CCN(C(=O)[C@@H]3C[C@H]3c3ccccc3)CC2)s1. The molecule has 3 aromatic rings. The Morgan fingerprint density at radius 1 is 0.919 bits per heavy atom. The van der Waals surface area contributed by atoms with Gasteiger partial charge in [-0.05, 0) is 41.7 Å². The molecule has 1 aromatic heterocycles. The standard InChI is InChI=1S/C28H28F3N3O2S/c29-28(30,31)24-9-5-4-8-20(24)17-32-26(35)25-11-10-21(37-25)18-33-12-14-34(15-13-33)27(36)23-16-22(23)19-6-2-1-3-7-19/h1-11,22-23H,12-18H2,(H,32,35)/t22-,23+/m0/s1. The summed E-state index contributed by atoms with van der Waals surface area (Å²) in [4.78, 5) is 31.2. The summed E-state index contributed by atoms with van der Waals surface area (Å²) in [6.45, 7) is 3.39. The Hall–Kier alpha value is -3.17. The van der Waals surface area contributed by atoms with Crippen LogP contribution in [-0.4, -0.2) is 47.8 Å². The van der Waals surface area contributed by atoms with Gasteiger partial charge in [0.15, 0.2) is 0 Å². The van der Waals surface area contributed by atoms with Crippen molar-refractivity contribution in [2.24, 2.45) is 5.92 Å². The van der Waals surface area contributed by atoms with Gasteiger partial charge in [0.05, 0.1) is 10.4 Å². The molecule has 2 aliphatic rings. The first kappa shape index (κ1) is 25.5. The normalized spacial score (nSPS) is 20.0. The molecule has 2 aromatic carbocycles. The molecule has 0 unspecified atom stereocenters. The molecule has 0 spiro atoms. The van der Waals surface area contributed by atoms with E-state index in [0.29, 0.717) is 30.4 Å². The van der Waals surface area contributed by atoms with Crippen LogP contribution in [0.25, 0.3) is 0 Å². The van der Waals surface area contributed by atoms with E-state index in [-0.39, 0.29) is 29.8 Å². The molecule has 2 amide bonds. The molecule has 9 heteroatoms. The smallest absolute Gasteiger partial charge is 0.347 e. The number of halogens is 3. The zero-order valence-electron chi connectivity index (χ0n) is 20.2. The van der Waals surface area contributed by atoms with E-state index in [0.717, 1.165) is 30.5 Å². The Balaban J connectivity index is 1.09. The fourth-order valence-electron chi connectivity index (χ4n) is 4.92. The van der Waals surface area contributed by atoms with Crippen LogP contribution in [0.4, 0.5) is 13.2 Å².